The number of ether oxygens (including phenoxy) is 1. The fourth-order valence-electron chi connectivity index (χ4n) is 6.25. The van der Waals surface area contributed by atoms with Crippen molar-refractivity contribution < 1.29 is 28.7 Å². The molecule has 3 aromatic carbocycles. The lowest BCUT2D eigenvalue weighted by molar-refractivity contribution is -0.154. The maximum absolute atomic E-state index is 13.8. The Hall–Kier alpha value is -3.34. The van der Waals surface area contributed by atoms with Gasteiger partial charge in [-0.2, -0.15) is 5.01 Å². The Balaban J connectivity index is 1.26. The molecular formula is C31H23Br2ClN2O6. The number of rotatable bonds is 7. The van der Waals surface area contributed by atoms with Gasteiger partial charge in [-0.05, 0) is 66.8 Å². The van der Waals surface area contributed by atoms with Crippen molar-refractivity contribution in [1.82, 2.24) is 10.0 Å². The predicted octanol–water partition coefficient (Wildman–Crippen LogP) is 5.58. The molecular weight excluding hydrogens is 692 g/mol. The number of benzene rings is 3. The number of hydrazine groups is 1. The highest BCUT2D eigenvalue weighted by Gasteiger charge is 2.67. The monoisotopic (exact) mass is 712 g/mol. The molecule has 0 unspecified atom stereocenters. The maximum atomic E-state index is 13.8. The largest absolute Gasteiger partial charge is 0.423 e. The van der Waals surface area contributed by atoms with Crippen LogP contribution < -0.4 is 4.74 Å². The van der Waals surface area contributed by atoms with Crippen molar-refractivity contribution in [2.24, 2.45) is 23.7 Å². The van der Waals surface area contributed by atoms with E-state index in [1.165, 1.54) is 36.4 Å². The quantitative estimate of drug-likeness (QED) is 0.104. The molecule has 1 saturated heterocycles. The van der Waals surface area contributed by atoms with E-state index in [4.69, 9.17) is 16.3 Å². The second-order valence-corrected chi connectivity index (χ2v) is 13.1. The summed E-state index contributed by atoms with van der Waals surface area (Å²) in [5, 5.41) is 1.91. The van der Waals surface area contributed by atoms with Crippen LogP contribution in [-0.2, 0) is 9.59 Å². The summed E-state index contributed by atoms with van der Waals surface area (Å²) in [5.41, 5.74) is 0.640. The minimum atomic E-state index is -0.734. The van der Waals surface area contributed by atoms with E-state index in [0.29, 0.717) is 5.56 Å². The summed E-state index contributed by atoms with van der Waals surface area (Å²) in [6.07, 6.45) is 0.727. The Morgan fingerprint density at radius 1 is 0.810 bits per heavy atom. The molecule has 2 bridgehead atoms. The van der Waals surface area contributed by atoms with Gasteiger partial charge in [0.2, 0.25) is 0 Å². The molecule has 42 heavy (non-hydrogen) atoms. The van der Waals surface area contributed by atoms with Crippen LogP contribution in [0.5, 0.6) is 5.75 Å². The minimum absolute atomic E-state index is 0.0179. The van der Waals surface area contributed by atoms with Gasteiger partial charge in [-0.15, -0.1) is 0 Å². The number of ketones is 1. The van der Waals surface area contributed by atoms with Crippen molar-refractivity contribution >= 4 is 72.9 Å². The smallest absolute Gasteiger partial charge is 0.343 e. The molecule has 2 saturated carbocycles. The number of fused-ring (bicyclic) bond motifs is 5. The number of nitrogens with zero attached hydrogens (tertiary/aromatic N) is 2. The van der Waals surface area contributed by atoms with Crippen molar-refractivity contribution in [3.63, 3.8) is 0 Å². The molecule has 1 aliphatic heterocycles. The summed E-state index contributed by atoms with van der Waals surface area (Å²) < 4.78 is 5.39. The summed E-state index contributed by atoms with van der Waals surface area (Å²) in [6, 6.07) is 20.6. The fourth-order valence-corrected chi connectivity index (χ4v) is 8.34. The average Bonchev–Trinajstić information content (AvgIpc) is 3.61. The molecule has 0 N–H and O–H groups in total. The Kier molecular flexibility index (Phi) is 7.80. The molecule has 6 atom stereocenters. The Morgan fingerprint density at radius 3 is 1.98 bits per heavy atom. The number of alkyl halides is 2. The molecule has 0 radical (unpaired) electrons. The standard InChI is InChI=1S/C31H23Br2ClN2O6/c32-26-20-14-21(27(26)33)25-24(20)29(39)36(30(25)40)35(28(38)19-8-4-5-9-22(19)34)15-23(37)16-10-12-18(13-11-16)42-31(41)17-6-2-1-3-7-17/h1-13,20-21,24-27H,14-15H2/t20-,21-,24-,25-,26-,27+/m1/s1. The summed E-state index contributed by atoms with van der Waals surface area (Å²) in [5.74, 6) is -3.83. The lowest BCUT2D eigenvalue weighted by Gasteiger charge is -2.31. The molecule has 3 amide bonds. The number of hydrogen-bond donors (Lipinski definition) is 0. The highest BCUT2D eigenvalue weighted by Crippen LogP contribution is 2.60. The Morgan fingerprint density at radius 2 is 1.38 bits per heavy atom. The first-order chi connectivity index (χ1) is 20.2. The van der Waals surface area contributed by atoms with Gasteiger partial charge >= 0.3 is 5.97 Å². The van der Waals surface area contributed by atoms with Crippen LogP contribution >= 0.6 is 43.5 Å². The molecule has 11 heteroatoms. The number of halogens is 3. The topological polar surface area (TPSA) is 101 Å². The molecule has 6 rings (SSSR count). The van der Waals surface area contributed by atoms with Crippen molar-refractivity contribution in [3.8, 4) is 5.75 Å². The number of amides is 3. The van der Waals surface area contributed by atoms with Gasteiger partial charge in [-0.1, -0.05) is 73.8 Å². The molecule has 3 aliphatic rings. The van der Waals surface area contributed by atoms with Crippen LogP contribution in [0.25, 0.3) is 0 Å². The van der Waals surface area contributed by atoms with E-state index in [2.05, 4.69) is 31.9 Å². The molecule has 3 fully saturated rings. The zero-order chi connectivity index (χ0) is 29.7. The normalized spacial score (nSPS) is 25.8. The third kappa shape index (κ3) is 4.89. The summed E-state index contributed by atoms with van der Waals surface area (Å²) >= 11 is 13.7. The van der Waals surface area contributed by atoms with Gasteiger partial charge in [0.1, 0.15) is 12.3 Å². The highest BCUT2D eigenvalue weighted by molar-refractivity contribution is 9.12. The van der Waals surface area contributed by atoms with E-state index in [-0.39, 0.29) is 43.4 Å². The third-order valence-corrected chi connectivity index (χ3v) is 11.8. The van der Waals surface area contributed by atoms with E-state index < -0.39 is 47.9 Å². The number of carbonyl (C=O) groups excluding carboxylic acids is 5. The van der Waals surface area contributed by atoms with E-state index in [1.54, 1.807) is 42.5 Å². The molecule has 1 heterocycles. The van der Waals surface area contributed by atoms with Gasteiger partial charge in [0.05, 0.1) is 28.0 Å². The first-order valence-corrected chi connectivity index (χ1v) is 15.5. The molecule has 0 spiro atoms. The summed E-state index contributed by atoms with van der Waals surface area (Å²) in [4.78, 5) is 67.3. The second-order valence-electron chi connectivity index (χ2n) is 10.5. The van der Waals surface area contributed by atoms with Crippen molar-refractivity contribution in [1.29, 1.82) is 0 Å². The molecule has 0 aromatic heterocycles. The summed E-state index contributed by atoms with van der Waals surface area (Å²) in [6.45, 7) is -0.574. The lowest BCUT2D eigenvalue weighted by atomic mass is 9.81. The van der Waals surface area contributed by atoms with E-state index >= 15 is 0 Å². The Bertz CT molecular complexity index is 1570. The van der Waals surface area contributed by atoms with Crippen molar-refractivity contribution in [2.45, 2.75) is 16.1 Å². The third-order valence-electron chi connectivity index (χ3n) is 8.23. The first kappa shape index (κ1) is 28.8. The highest BCUT2D eigenvalue weighted by atomic mass is 79.9. The van der Waals surface area contributed by atoms with Crippen molar-refractivity contribution in [2.75, 3.05) is 6.54 Å². The number of esters is 1. The lowest BCUT2D eigenvalue weighted by Crippen LogP contribution is -2.52. The SMILES string of the molecule is O=C(CN(C(=O)c1ccccc1Cl)N1C(=O)[C@@H]2[C@H]3C[C@@H]([C@@H](Br)[C@H]3Br)[C@H]2C1=O)c1ccc(OC(=O)c2ccccc2)cc1. The van der Waals surface area contributed by atoms with Crippen LogP contribution in [0.4, 0.5) is 0 Å². The van der Waals surface area contributed by atoms with E-state index in [0.717, 1.165) is 16.4 Å². The molecule has 214 valence electrons. The van der Waals surface area contributed by atoms with Crippen LogP contribution in [0.2, 0.25) is 5.02 Å². The van der Waals surface area contributed by atoms with Gasteiger partial charge in [0.25, 0.3) is 17.7 Å². The number of hydrogen-bond acceptors (Lipinski definition) is 6. The minimum Gasteiger partial charge on any atom is -0.423 e. The van der Waals surface area contributed by atoms with Crippen LogP contribution in [0, 0.1) is 23.7 Å². The molecule has 2 aliphatic carbocycles. The maximum Gasteiger partial charge on any atom is 0.343 e. The number of imide groups is 1. The fraction of sp³-hybridized carbons (Fsp3) is 0.258. The van der Waals surface area contributed by atoms with Crippen LogP contribution in [0.15, 0.2) is 78.9 Å². The van der Waals surface area contributed by atoms with Gasteiger partial charge in [-0.3, -0.25) is 19.2 Å². The zero-order valence-electron chi connectivity index (χ0n) is 21.9. The van der Waals surface area contributed by atoms with E-state index in [1.807, 2.05) is 0 Å². The van der Waals surface area contributed by atoms with Gasteiger partial charge in [-0.25, -0.2) is 9.80 Å². The van der Waals surface area contributed by atoms with Crippen LogP contribution in [0.1, 0.15) is 37.5 Å². The summed E-state index contributed by atoms with van der Waals surface area (Å²) in [7, 11) is 0. The van der Waals surface area contributed by atoms with Gasteiger partial charge in [0, 0.05) is 15.2 Å². The Labute approximate surface area is 263 Å². The van der Waals surface area contributed by atoms with Gasteiger partial charge in [0.15, 0.2) is 5.78 Å². The molecule has 8 nitrogen and oxygen atoms in total. The van der Waals surface area contributed by atoms with Gasteiger partial charge < -0.3 is 4.74 Å². The predicted molar refractivity (Wildman–Crippen MR) is 161 cm³/mol. The molecule has 3 aromatic rings. The average molecular weight is 715 g/mol. The van der Waals surface area contributed by atoms with Crippen LogP contribution in [-0.4, -0.2) is 55.7 Å². The van der Waals surface area contributed by atoms with E-state index in [9.17, 15) is 24.0 Å². The number of carbonyl (C=O) groups is 5. The first-order valence-electron chi connectivity index (χ1n) is 13.3. The zero-order valence-corrected chi connectivity index (χ0v) is 25.8. The van der Waals surface area contributed by atoms with Crippen molar-refractivity contribution in [3.05, 3.63) is 101 Å². The second kappa shape index (κ2) is 11.4. The number of Topliss-reactive ketones (excluding diaryl/α,β-unsaturated/α-hetero) is 1. The van der Waals surface area contributed by atoms with Crippen LogP contribution in [0.3, 0.4) is 0 Å².